The van der Waals surface area contributed by atoms with Crippen molar-refractivity contribution in [2.75, 3.05) is 0 Å². The first-order valence-electron chi connectivity index (χ1n) is 5.45. The first-order valence-corrected chi connectivity index (χ1v) is 5.45. The van der Waals surface area contributed by atoms with Crippen LogP contribution in [0.1, 0.15) is 35.8 Å². The van der Waals surface area contributed by atoms with Crippen LogP contribution in [-0.4, -0.2) is 0 Å². The standard InChI is InChI=1S/C14H12/c1-3-9-4-2-6-13-11-7-10(8-11)12(5-1)14(9)13/h1-6,10-11H,7-8H2. The molecule has 0 aliphatic heterocycles. The molecule has 1 saturated carbocycles. The summed E-state index contributed by atoms with van der Waals surface area (Å²) in [6, 6.07) is 13.6. The van der Waals surface area contributed by atoms with Gasteiger partial charge in [-0.05, 0) is 46.6 Å². The second-order valence-corrected chi connectivity index (χ2v) is 4.66. The van der Waals surface area contributed by atoms with Crippen molar-refractivity contribution in [2.45, 2.75) is 24.7 Å². The van der Waals surface area contributed by atoms with Gasteiger partial charge in [0.05, 0.1) is 0 Å². The predicted octanol–water partition coefficient (Wildman–Crippen LogP) is 3.81. The molecule has 1 fully saturated rings. The Morgan fingerprint density at radius 2 is 1.36 bits per heavy atom. The van der Waals surface area contributed by atoms with Gasteiger partial charge in [-0.3, -0.25) is 0 Å². The lowest BCUT2D eigenvalue weighted by Crippen LogP contribution is -2.25. The molecule has 0 heterocycles. The minimum atomic E-state index is 0.874. The lowest BCUT2D eigenvalue weighted by atomic mass is 9.62. The number of hydrogen-bond donors (Lipinski definition) is 0. The maximum atomic E-state index is 2.33. The Kier molecular flexibility index (Phi) is 1.11. The third-order valence-electron chi connectivity index (χ3n) is 3.99. The summed E-state index contributed by atoms with van der Waals surface area (Å²) in [6.45, 7) is 0. The van der Waals surface area contributed by atoms with Crippen LogP contribution in [0.4, 0.5) is 0 Å². The number of hydrogen-bond acceptors (Lipinski definition) is 0. The zero-order valence-electron chi connectivity index (χ0n) is 8.03. The predicted molar refractivity (Wildman–Crippen MR) is 58.7 cm³/mol. The third-order valence-corrected chi connectivity index (χ3v) is 3.99. The van der Waals surface area contributed by atoms with Crippen molar-refractivity contribution < 1.29 is 0 Å². The highest BCUT2D eigenvalue weighted by Crippen LogP contribution is 2.55. The molecule has 0 heteroatoms. The van der Waals surface area contributed by atoms with Gasteiger partial charge in [-0.25, -0.2) is 0 Å². The molecule has 0 atom stereocenters. The van der Waals surface area contributed by atoms with Crippen LogP contribution < -0.4 is 0 Å². The molecule has 0 nitrogen and oxygen atoms in total. The Morgan fingerprint density at radius 1 is 0.786 bits per heavy atom. The molecule has 68 valence electrons. The highest BCUT2D eigenvalue weighted by Gasteiger charge is 2.37. The lowest BCUT2D eigenvalue weighted by Gasteiger charge is -2.42. The molecule has 0 amide bonds. The monoisotopic (exact) mass is 180 g/mol. The van der Waals surface area contributed by atoms with Crippen molar-refractivity contribution >= 4 is 10.8 Å². The average Bonchev–Trinajstić information content (AvgIpc) is 2.17. The molecule has 3 aliphatic carbocycles. The smallest absolute Gasteiger partial charge is 0.0114 e. The van der Waals surface area contributed by atoms with E-state index >= 15 is 0 Å². The highest BCUT2D eigenvalue weighted by atomic mass is 14.4. The number of benzene rings is 2. The van der Waals surface area contributed by atoms with Crippen LogP contribution in [0.25, 0.3) is 10.8 Å². The minimum absolute atomic E-state index is 0.874. The van der Waals surface area contributed by atoms with E-state index in [-0.39, 0.29) is 0 Å². The topological polar surface area (TPSA) is 0 Å². The van der Waals surface area contributed by atoms with Crippen molar-refractivity contribution in [1.82, 2.24) is 0 Å². The third kappa shape index (κ3) is 0.672. The number of rotatable bonds is 0. The van der Waals surface area contributed by atoms with E-state index in [1.54, 1.807) is 16.5 Å². The van der Waals surface area contributed by atoms with Gasteiger partial charge < -0.3 is 0 Å². The Hall–Kier alpha value is -1.30. The highest BCUT2D eigenvalue weighted by molar-refractivity contribution is 5.91. The molecule has 0 unspecified atom stereocenters. The average molecular weight is 180 g/mol. The molecule has 14 heavy (non-hydrogen) atoms. The second-order valence-electron chi connectivity index (χ2n) is 4.66. The summed E-state index contributed by atoms with van der Waals surface area (Å²) in [5.41, 5.74) is 3.22. The van der Waals surface area contributed by atoms with E-state index in [2.05, 4.69) is 36.4 Å². The minimum Gasteiger partial charge on any atom is -0.0613 e. The molecule has 3 aliphatic rings. The van der Waals surface area contributed by atoms with E-state index in [1.165, 1.54) is 18.2 Å². The van der Waals surface area contributed by atoms with E-state index in [9.17, 15) is 0 Å². The van der Waals surface area contributed by atoms with Crippen LogP contribution in [0.15, 0.2) is 36.4 Å². The van der Waals surface area contributed by atoms with Crippen LogP contribution in [0.2, 0.25) is 0 Å². The summed E-state index contributed by atoms with van der Waals surface area (Å²) in [6.07, 6.45) is 2.80. The maximum absolute atomic E-state index is 2.33. The van der Waals surface area contributed by atoms with Gasteiger partial charge in [0.15, 0.2) is 0 Å². The normalized spacial score (nSPS) is 27.4. The molecule has 5 rings (SSSR count). The van der Waals surface area contributed by atoms with Crippen molar-refractivity contribution in [1.29, 1.82) is 0 Å². The Morgan fingerprint density at radius 3 is 1.93 bits per heavy atom. The molecule has 2 bridgehead atoms. The van der Waals surface area contributed by atoms with Crippen LogP contribution >= 0.6 is 0 Å². The second kappa shape index (κ2) is 2.20. The van der Waals surface area contributed by atoms with Crippen molar-refractivity contribution in [3.63, 3.8) is 0 Å². The fourth-order valence-corrected chi connectivity index (χ4v) is 3.21. The van der Waals surface area contributed by atoms with E-state index in [0.29, 0.717) is 0 Å². The van der Waals surface area contributed by atoms with Gasteiger partial charge in [0, 0.05) is 0 Å². The van der Waals surface area contributed by atoms with Gasteiger partial charge in [0.25, 0.3) is 0 Å². The molecular formula is C14H12. The van der Waals surface area contributed by atoms with Crippen molar-refractivity contribution in [3.8, 4) is 0 Å². The lowest BCUT2D eigenvalue weighted by molar-refractivity contribution is 0.343. The molecule has 2 aromatic rings. The quantitative estimate of drug-likeness (QED) is 0.578. The summed E-state index contributed by atoms with van der Waals surface area (Å²) >= 11 is 0. The summed E-state index contributed by atoms with van der Waals surface area (Å²) in [4.78, 5) is 0. The molecule has 0 spiro atoms. The summed E-state index contributed by atoms with van der Waals surface area (Å²) < 4.78 is 0. The fraction of sp³-hybridized carbons (Fsp3) is 0.286. The van der Waals surface area contributed by atoms with Crippen LogP contribution in [0.3, 0.4) is 0 Å². The van der Waals surface area contributed by atoms with Gasteiger partial charge in [-0.15, -0.1) is 0 Å². The summed E-state index contributed by atoms with van der Waals surface area (Å²) in [5, 5.41) is 3.01. The molecule has 0 N–H and O–H groups in total. The summed E-state index contributed by atoms with van der Waals surface area (Å²) in [5.74, 6) is 1.75. The first kappa shape index (κ1) is 7.05. The first-order chi connectivity index (χ1) is 6.93. The van der Waals surface area contributed by atoms with Gasteiger partial charge in [0.1, 0.15) is 0 Å². The fourth-order valence-electron chi connectivity index (χ4n) is 3.21. The zero-order chi connectivity index (χ0) is 9.12. The molecular weight excluding hydrogens is 168 g/mol. The van der Waals surface area contributed by atoms with Crippen LogP contribution in [-0.2, 0) is 0 Å². The van der Waals surface area contributed by atoms with Crippen molar-refractivity contribution in [3.05, 3.63) is 47.5 Å². The summed E-state index contributed by atoms with van der Waals surface area (Å²) in [7, 11) is 0. The molecule has 0 saturated heterocycles. The largest absolute Gasteiger partial charge is 0.0613 e. The zero-order valence-corrected chi connectivity index (χ0v) is 8.03. The van der Waals surface area contributed by atoms with E-state index in [4.69, 9.17) is 0 Å². The van der Waals surface area contributed by atoms with E-state index in [1.807, 2.05) is 0 Å². The van der Waals surface area contributed by atoms with Crippen LogP contribution in [0.5, 0.6) is 0 Å². The maximum Gasteiger partial charge on any atom is -0.0114 e. The molecule has 2 aromatic carbocycles. The van der Waals surface area contributed by atoms with Crippen LogP contribution in [0, 0.1) is 0 Å². The van der Waals surface area contributed by atoms with E-state index in [0.717, 1.165) is 11.8 Å². The van der Waals surface area contributed by atoms with E-state index < -0.39 is 0 Å². The van der Waals surface area contributed by atoms with Gasteiger partial charge in [0.2, 0.25) is 0 Å². The molecule has 0 radical (unpaired) electrons. The Bertz CT molecular complexity index is 476. The SMILES string of the molecule is c1cc2c3c(cccc3c1)C1CC2C1. The Balaban J connectivity index is 2.24. The van der Waals surface area contributed by atoms with Crippen molar-refractivity contribution in [2.24, 2.45) is 0 Å². The Labute approximate surface area is 83.6 Å². The molecule has 0 aromatic heterocycles. The van der Waals surface area contributed by atoms with Gasteiger partial charge in [-0.1, -0.05) is 36.4 Å². The van der Waals surface area contributed by atoms with Gasteiger partial charge >= 0.3 is 0 Å². The van der Waals surface area contributed by atoms with Gasteiger partial charge in [-0.2, -0.15) is 0 Å².